The number of anilines is 1. The first-order valence-corrected chi connectivity index (χ1v) is 10.6. The van der Waals surface area contributed by atoms with Crippen molar-refractivity contribution < 1.29 is 9.53 Å². The third-order valence-corrected chi connectivity index (χ3v) is 5.88. The minimum absolute atomic E-state index is 0.403. The van der Waals surface area contributed by atoms with Gasteiger partial charge in [0, 0.05) is 24.2 Å². The largest absolute Gasteiger partial charge is 0.465 e. The topological polar surface area (TPSA) is 68.2 Å². The van der Waals surface area contributed by atoms with Gasteiger partial charge >= 0.3 is 5.97 Å². The third-order valence-electron chi connectivity index (χ3n) is 4.16. The first-order chi connectivity index (χ1) is 14.0. The van der Waals surface area contributed by atoms with Crippen molar-refractivity contribution in [2.75, 3.05) is 19.0 Å². The summed E-state index contributed by atoms with van der Waals surface area (Å²) in [6.07, 6.45) is 2.63. The zero-order chi connectivity index (χ0) is 20.8. The normalized spacial score (nSPS) is 10.6. The van der Waals surface area contributed by atoms with Crippen LogP contribution in [0.3, 0.4) is 0 Å². The van der Waals surface area contributed by atoms with Crippen LogP contribution >= 0.6 is 35.2 Å². The molecule has 3 aromatic rings. The number of hydrogen-bond acceptors (Lipinski definition) is 5. The quantitative estimate of drug-likeness (QED) is 0.309. The van der Waals surface area contributed by atoms with Gasteiger partial charge in [-0.25, -0.2) is 4.79 Å². The van der Waals surface area contributed by atoms with Gasteiger partial charge in [-0.15, -0.1) is 11.3 Å². The summed E-state index contributed by atoms with van der Waals surface area (Å²) in [4.78, 5) is 13.1. The summed E-state index contributed by atoms with van der Waals surface area (Å²) in [7, 11) is 1.37. The highest BCUT2D eigenvalue weighted by atomic mass is 35.5. The van der Waals surface area contributed by atoms with Crippen LogP contribution in [0.1, 0.15) is 22.5 Å². The van der Waals surface area contributed by atoms with Crippen LogP contribution in [-0.4, -0.2) is 34.5 Å². The molecule has 0 fully saturated rings. The molecule has 152 valence electrons. The Morgan fingerprint density at radius 1 is 1.34 bits per heavy atom. The first kappa shape index (κ1) is 21.3. The molecular weight excluding hydrogens is 428 g/mol. The monoisotopic (exact) mass is 448 g/mol. The number of aromatic nitrogens is 2. The van der Waals surface area contributed by atoms with Gasteiger partial charge in [0.25, 0.3) is 0 Å². The molecule has 0 aliphatic heterocycles. The molecule has 3 rings (SSSR count). The van der Waals surface area contributed by atoms with Gasteiger partial charge in [0.15, 0.2) is 5.11 Å². The van der Waals surface area contributed by atoms with Gasteiger partial charge in [-0.2, -0.15) is 5.10 Å². The molecule has 6 nitrogen and oxygen atoms in total. The minimum Gasteiger partial charge on any atom is -0.465 e. The number of ether oxygens (including phenoxy) is 1. The summed E-state index contributed by atoms with van der Waals surface area (Å²) in [6.45, 7) is 3.26. The van der Waals surface area contributed by atoms with Crippen molar-refractivity contribution in [1.29, 1.82) is 0 Å². The molecule has 0 spiro atoms. The zero-order valence-electron chi connectivity index (χ0n) is 16.1. The molecule has 2 heterocycles. The van der Waals surface area contributed by atoms with Gasteiger partial charge in [-0.1, -0.05) is 41.9 Å². The van der Waals surface area contributed by atoms with Crippen LogP contribution < -0.4 is 10.6 Å². The molecule has 1 aromatic carbocycles. The smallest absolute Gasteiger partial charge is 0.340 e. The van der Waals surface area contributed by atoms with E-state index in [4.69, 9.17) is 28.6 Å². The number of nitrogens with zero attached hydrogens (tertiary/aromatic N) is 2. The summed E-state index contributed by atoms with van der Waals surface area (Å²) in [6, 6.07) is 11.7. The number of esters is 1. The lowest BCUT2D eigenvalue weighted by Gasteiger charge is -2.10. The van der Waals surface area contributed by atoms with Crippen LogP contribution in [0.5, 0.6) is 0 Å². The Labute approximate surface area is 183 Å². The SMILES string of the molecule is COC(=O)c1cc(-c2ccccc2)sc1NC(=S)NCCCn1cc(Cl)c(C)n1. The maximum absolute atomic E-state index is 12.2. The van der Waals surface area contributed by atoms with Crippen LogP contribution in [-0.2, 0) is 11.3 Å². The number of nitrogens with one attached hydrogen (secondary N) is 2. The van der Waals surface area contributed by atoms with E-state index in [1.54, 1.807) is 0 Å². The number of benzene rings is 1. The fourth-order valence-electron chi connectivity index (χ4n) is 2.69. The van der Waals surface area contributed by atoms with Gasteiger partial charge in [0.05, 0.1) is 23.4 Å². The lowest BCUT2D eigenvalue weighted by molar-refractivity contribution is 0.0602. The molecule has 0 bridgehead atoms. The van der Waals surface area contributed by atoms with E-state index in [-0.39, 0.29) is 0 Å². The van der Waals surface area contributed by atoms with Gasteiger partial charge < -0.3 is 15.4 Å². The minimum atomic E-state index is -0.403. The predicted molar refractivity (Wildman–Crippen MR) is 122 cm³/mol. The molecule has 0 saturated carbocycles. The molecule has 29 heavy (non-hydrogen) atoms. The van der Waals surface area contributed by atoms with Crippen LogP contribution in [0.4, 0.5) is 5.00 Å². The van der Waals surface area contributed by atoms with Gasteiger partial charge in [0.1, 0.15) is 5.00 Å². The average Bonchev–Trinajstić information content (AvgIpc) is 3.28. The summed E-state index contributed by atoms with van der Waals surface area (Å²) in [5.41, 5.74) is 2.31. The van der Waals surface area contributed by atoms with E-state index in [2.05, 4.69) is 15.7 Å². The molecule has 9 heteroatoms. The van der Waals surface area contributed by atoms with Gasteiger partial charge in [0.2, 0.25) is 0 Å². The Balaban J connectivity index is 1.60. The van der Waals surface area contributed by atoms with E-state index >= 15 is 0 Å². The average molecular weight is 449 g/mol. The predicted octanol–water partition coefficient (Wildman–Crippen LogP) is 4.74. The lowest BCUT2D eigenvalue weighted by Crippen LogP contribution is -2.30. The summed E-state index contributed by atoms with van der Waals surface area (Å²) < 4.78 is 6.73. The van der Waals surface area contributed by atoms with E-state index in [0.29, 0.717) is 27.2 Å². The second kappa shape index (κ2) is 9.87. The van der Waals surface area contributed by atoms with E-state index in [1.165, 1.54) is 18.4 Å². The van der Waals surface area contributed by atoms with Gasteiger partial charge in [-0.3, -0.25) is 4.68 Å². The van der Waals surface area contributed by atoms with Crippen molar-refractivity contribution in [2.45, 2.75) is 19.9 Å². The molecule has 0 aliphatic carbocycles. The highest BCUT2D eigenvalue weighted by Crippen LogP contribution is 2.35. The van der Waals surface area contributed by atoms with Crippen molar-refractivity contribution >= 4 is 51.2 Å². The van der Waals surface area contributed by atoms with Crippen LogP contribution in [0.15, 0.2) is 42.6 Å². The number of aryl methyl sites for hydroxylation is 2. The van der Waals surface area contributed by atoms with E-state index in [9.17, 15) is 4.79 Å². The number of carbonyl (C=O) groups excluding carboxylic acids is 1. The Bertz CT molecular complexity index is 982. The van der Waals surface area contributed by atoms with E-state index < -0.39 is 5.97 Å². The fourth-order valence-corrected chi connectivity index (χ4v) is 4.16. The van der Waals surface area contributed by atoms with Crippen LogP contribution in [0.25, 0.3) is 10.4 Å². The van der Waals surface area contributed by atoms with Crippen molar-refractivity contribution in [3.05, 3.63) is 58.9 Å². The summed E-state index contributed by atoms with van der Waals surface area (Å²) in [5.74, 6) is -0.403. The summed E-state index contributed by atoms with van der Waals surface area (Å²) >= 11 is 12.9. The number of carbonyl (C=O) groups is 1. The molecule has 0 aliphatic rings. The number of halogens is 1. The van der Waals surface area contributed by atoms with Crippen molar-refractivity contribution in [3.63, 3.8) is 0 Å². The zero-order valence-corrected chi connectivity index (χ0v) is 18.5. The Kier molecular flexibility index (Phi) is 7.24. The molecule has 0 radical (unpaired) electrons. The molecule has 0 atom stereocenters. The number of rotatable bonds is 7. The van der Waals surface area contributed by atoms with Crippen molar-refractivity contribution in [3.8, 4) is 10.4 Å². The molecule has 0 amide bonds. The second-order valence-corrected chi connectivity index (χ2v) is 8.14. The van der Waals surface area contributed by atoms with Crippen LogP contribution in [0.2, 0.25) is 5.02 Å². The molecule has 2 aromatic heterocycles. The Hall–Kier alpha value is -2.42. The maximum Gasteiger partial charge on any atom is 0.340 e. The number of methoxy groups -OCH3 is 1. The maximum atomic E-state index is 12.2. The third kappa shape index (κ3) is 5.56. The molecule has 0 unspecified atom stereocenters. The molecule has 2 N–H and O–H groups in total. The van der Waals surface area contributed by atoms with Crippen LogP contribution in [0, 0.1) is 6.92 Å². The van der Waals surface area contributed by atoms with Crippen molar-refractivity contribution in [2.24, 2.45) is 0 Å². The lowest BCUT2D eigenvalue weighted by atomic mass is 10.1. The van der Waals surface area contributed by atoms with E-state index in [0.717, 1.165) is 29.1 Å². The van der Waals surface area contributed by atoms with Gasteiger partial charge in [-0.05, 0) is 37.2 Å². The Morgan fingerprint density at radius 2 is 2.10 bits per heavy atom. The Morgan fingerprint density at radius 3 is 2.76 bits per heavy atom. The number of thiocarbonyl (C=S) groups is 1. The molecule has 0 saturated heterocycles. The highest BCUT2D eigenvalue weighted by molar-refractivity contribution is 7.80. The number of hydrogen-bond donors (Lipinski definition) is 2. The second-order valence-electron chi connectivity index (χ2n) is 6.27. The highest BCUT2D eigenvalue weighted by Gasteiger charge is 2.18. The fraction of sp³-hybridized carbons (Fsp3) is 0.250. The van der Waals surface area contributed by atoms with Crippen molar-refractivity contribution in [1.82, 2.24) is 15.1 Å². The number of thiophene rings is 1. The standard InChI is InChI=1S/C20H21ClN4O2S2/c1-13-16(21)12-25(24-13)10-6-9-22-20(28)23-18-15(19(26)27-2)11-17(29-18)14-7-4-3-5-8-14/h3-5,7-8,11-12H,6,9-10H2,1-2H3,(H2,22,23,28). The van der Waals surface area contributed by atoms with E-state index in [1.807, 2.05) is 54.2 Å². The molecular formula is C20H21ClN4O2S2. The first-order valence-electron chi connectivity index (χ1n) is 9.00. The summed E-state index contributed by atoms with van der Waals surface area (Å²) in [5, 5.41) is 12.4.